The molecule has 1 atom stereocenters. The number of anilines is 1. The predicted molar refractivity (Wildman–Crippen MR) is 117 cm³/mol. The number of rotatable bonds is 6. The van der Waals surface area contributed by atoms with Crippen LogP contribution in [0.5, 0.6) is 0 Å². The molecule has 1 saturated heterocycles. The Kier molecular flexibility index (Phi) is 5.99. The molecule has 1 unspecified atom stereocenters. The van der Waals surface area contributed by atoms with Crippen molar-refractivity contribution in [3.05, 3.63) is 54.1 Å². The zero-order valence-corrected chi connectivity index (χ0v) is 17.7. The number of nitrogens with zero attached hydrogens (tertiary/aromatic N) is 3. The Morgan fingerprint density at radius 3 is 2.43 bits per heavy atom. The van der Waals surface area contributed by atoms with E-state index in [1.54, 1.807) is 0 Å². The van der Waals surface area contributed by atoms with Crippen LogP contribution >= 0.6 is 0 Å². The molecule has 2 aliphatic rings. The summed E-state index contributed by atoms with van der Waals surface area (Å²) in [4.78, 5) is 11.3. The van der Waals surface area contributed by atoms with Crippen LogP contribution in [0.1, 0.15) is 63.5 Å². The van der Waals surface area contributed by atoms with Crippen LogP contribution in [0.3, 0.4) is 0 Å². The molecule has 3 heterocycles. The molecular formula is C25H35N3. The van der Waals surface area contributed by atoms with E-state index in [0.717, 1.165) is 43.2 Å². The maximum absolute atomic E-state index is 4.61. The molecule has 0 bridgehead atoms. The van der Waals surface area contributed by atoms with Crippen molar-refractivity contribution in [1.82, 2.24) is 9.97 Å². The lowest BCUT2D eigenvalue weighted by atomic mass is 9.75. The minimum Gasteiger partial charge on any atom is -0.370 e. The Balaban J connectivity index is 1.30. The number of pyridine rings is 2. The molecule has 28 heavy (non-hydrogen) atoms. The van der Waals surface area contributed by atoms with Crippen molar-refractivity contribution < 1.29 is 0 Å². The summed E-state index contributed by atoms with van der Waals surface area (Å²) in [5.74, 6) is 3.95. The monoisotopic (exact) mass is 377 g/mol. The molecule has 0 N–H and O–H groups in total. The van der Waals surface area contributed by atoms with Crippen LogP contribution in [0, 0.1) is 23.7 Å². The minimum atomic E-state index is 0.696. The van der Waals surface area contributed by atoms with Crippen LogP contribution in [0.2, 0.25) is 0 Å². The van der Waals surface area contributed by atoms with Gasteiger partial charge in [-0.2, -0.15) is 0 Å². The summed E-state index contributed by atoms with van der Waals surface area (Å²) in [5, 5.41) is 0. The van der Waals surface area contributed by atoms with Crippen LogP contribution in [0.15, 0.2) is 43.0 Å². The number of hydrogen-bond donors (Lipinski definition) is 0. The molecule has 2 aromatic rings. The van der Waals surface area contributed by atoms with E-state index in [-0.39, 0.29) is 0 Å². The van der Waals surface area contributed by atoms with Crippen molar-refractivity contribution in [1.29, 1.82) is 0 Å². The van der Waals surface area contributed by atoms with Crippen LogP contribution < -0.4 is 4.90 Å². The second-order valence-corrected chi connectivity index (χ2v) is 9.54. The van der Waals surface area contributed by atoms with Gasteiger partial charge in [0.15, 0.2) is 0 Å². The van der Waals surface area contributed by atoms with Gasteiger partial charge in [0, 0.05) is 31.7 Å². The van der Waals surface area contributed by atoms with Gasteiger partial charge in [-0.1, -0.05) is 26.8 Å². The minimum absolute atomic E-state index is 0.696. The van der Waals surface area contributed by atoms with Gasteiger partial charge in [-0.15, -0.1) is 0 Å². The van der Waals surface area contributed by atoms with E-state index in [1.165, 1.54) is 42.5 Å². The standard InChI is InChI=1S/C25H35N3/c1-18(2)21-6-8-22(9-7-21)23-12-20(13-27-14-23)11-19(3)24-16-28(17-24)25-5-4-10-26-15-25/h4-5,10,12-15,18-19,21-22,24H,6-9,11,16-17H2,1-3H3. The van der Waals surface area contributed by atoms with E-state index in [1.807, 2.05) is 18.5 Å². The van der Waals surface area contributed by atoms with Crippen molar-refractivity contribution in [3.63, 3.8) is 0 Å². The Morgan fingerprint density at radius 1 is 0.964 bits per heavy atom. The van der Waals surface area contributed by atoms with Gasteiger partial charge >= 0.3 is 0 Å². The summed E-state index contributed by atoms with van der Waals surface area (Å²) in [6, 6.07) is 6.65. The first-order valence-electron chi connectivity index (χ1n) is 11.2. The third-order valence-corrected chi connectivity index (χ3v) is 7.29. The molecule has 2 fully saturated rings. The summed E-state index contributed by atoms with van der Waals surface area (Å²) in [5.41, 5.74) is 4.17. The van der Waals surface area contributed by atoms with Gasteiger partial charge in [0.2, 0.25) is 0 Å². The first-order chi connectivity index (χ1) is 13.6. The average molecular weight is 378 g/mol. The van der Waals surface area contributed by atoms with Gasteiger partial charge in [-0.25, -0.2) is 0 Å². The lowest BCUT2D eigenvalue weighted by Gasteiger charge is -2.44. The molecule has 1 saturated carbocycles. The van der Waals surface area contributed by atoms with Crippen LogP contribution in [0.25, 0.3) is 0 Å². The Hall–Kier alpha value is -1.90. The summed E-state index contributed by atoms with van der Waals surface area (Å²) in [7, 11) is 0. The van der Waals surface area contributed by atoms with Gasteiger partial charge in [-0.05, 0) is 85.0 Å². The van der Waals surface area contributed by atoms with Crippen molar-refractivity contribution in [2.75, 3.05) is 18.0 Å². The van der Waals surface area contributed by atoms with E-state index in [2.05, 4.69) is 60.2 Å². The quantitative estimate of drug-likeness (QED) is 0.644. The first-order valence-corrected chi connectivity index (χ1v) is 11.2. The molecule has 0 aromatic carbocycles. The SMILES string of the molecule is CC(C)C1CCC(c2cncc(CC(C)C3CN(c4cccnc4)C3)c2)CC1. The Bertz CT molecular complexity index is 743. The van der Waals surface area contributed by atoms with Gasteiger partial charge < -0.3 is 4.90 Å². The van der Waals surface area contributed by atoms with Crippen molar-refractivity contribution >= 4 is 5.69 Å². The molecule has 3 nitrogen and oxygen atoms in total. The van der Waals surface area contributed by atoms with E-state index in [4.69, 9.17) is 0 Å². The van der Waals surface area contributed by atoms with Gasteiger partial charge in [0.25, 0.3) is 0 Å². The molecule has 0 radical (unpaired) electrons. The lowest BCUT2D eigenvalue weighted by molar-refractivity contribution is 0.258. The molecule has 3 heteroatoms. The maximum Gasteiger partial charge on any atom is 0.0552 e. The molecule has 2 aromatic heterocycles. The highest BCUT2D eigenvalue weighted by Crippen LogP contribution is 2.39. The van der Waals surface area contributed by atoms with Crippen molar-refractivity contribution in [2.45, 2.75) is 58.8 Å². The van der Waals surface area contributed by atoms with Gasteiger partial charge in [0.05, 0.1) is 11.9 Å². The third-order valence-electron chi connectivity index (χ3n) is 7.29. The largest absolute Gasteiger partial charge is 0.370 e. The molecule has 150 valence electrons. The smallest absolute Gasteiger partial charge is 0.0552 e. The third kappa shape index (κ3) is 4.39. The van der Waals surface area contributed by atoms with Crippen molar-refractivity contribution in [2.24, 2.45) is 23.7 Å². The maximum atomic E-state index is 4.61. The molecule has 1 aliphatic carbocycles. The molecule has 0 spiro atoms. The average Bonchev–Trinajstić information content (AvgIpc) is 2.68. The highest BCUT2D eigenvalue weighted by Gasteiger charge is 2.31. The second-order valence-electron chi connectivity index (χ2n) is 9.54. The zero-order chi connectivity index (χ0) is 19.5. The topological polar surface area (TPSA) is 29.0 Å². The fraction of sp³-hybridized carbons (Fsp3) is 0.600. The van der Waals surface area contributed by atoms with Gasteiger partial charge in [0.1, 0.15) is 0 Å². The van der Waals surface area contributed by atoms with Crippen LogP contribution in [0.4, 0.5) is 5.69 Å². The van der Waals surface area contributed by atoms with Crippen LogP contribution in [-0.2, 0) is 6.42 Å². The highest BCUT2D eigenvalue weighted by atomic mass is 15.2. The lowest BCUT2D eigenvalue weighted by Crippen LogP contribution is -2.50. The van der Waals surface area contributed by atoms with Crippen molar-refractivity contribution in [3.8, 4) is 0 Å². The van der Waals surface area contributed by atoms with E-state index >= 15 is 0 Å². The van der Waals surface area contributed by atoms with Crippen LogP contribution in [-0.4, -0.2) is 23.1 Å². The number of hydrogen-bond acceptors (Lipinski definition) is 3. The Morgan fingerprint density at radius 2 is 1.75 bits per heavy atom. The zero-order valence-electron chi connectivity index (χ0n) is 17.7. The fourth-order valence-electron chi connectivity index (χ4n) is 5.12. The molecule has 1 aliphatic heterocycles. The first kappa shape index (κ1) is 19.4. The molecule has 0 amide bonds. The normalized spacial score (nSPS) is 24.2. The van der Waals surface area contributed by atoms with E-state index in [0.29, 0.717) is 5.92 Å². The second kappa shape index (κ2) is 8.63. The fourth-order valence-corrected chi connectivity index (χ4v) is 5.12. The van der Waals surface area contributed by atoms with E-state index < -0.39 is 0 Å². The summed E-state index contributed by atoms with van der Waals surface area (Å²) in [6.45, 7) is 9.47. The van der Waals surface area contributed by atoms with Gasteiger partial charge in [-0.3, -0.25) is 9.97 Å². The Labute approximate surface area is 170 Å². The highest BCUT2D eigenvalue weighted by molar-refractivity contribution is 5.46. The number of aromatic nitrogens is 2. The summed E-state index contributed by atoms with van der Waals surface area (Å²) >= 11 is 0. The molecular weight excluding hydrogens is 342 g/mol. The summed E-state index contributed by atoms with van der Waals surface area (Å²) in [6.07, 6.45) is 14.6. The molecule has 4 rings (SSSR count). The van der Waals surface area contributed by atoms with E-state index in [9.17, 15) is 0 Å². The predicted octanol–water partition coefficient (Wildman–Crippen LogP) is 5.72. The summed E-state index contributed by atoms with van der Waals surface area (Å²) < 4.78 is 0.